The molecule has 16 heavy (non-hydrogen) atoms. The van der Waals surface area contributed by atoms with Crippen LogP contribution < -0.4 is 0 Å². The van der Waals surface area contributed by atoms with Gasteiger partial charge in [-0.25, -0.2) is 0 Å². The fourth-order valence-electron chi connectivity index (χ4n) is 0.858. The van der Waals surface area contributed by atoms with Crippen molar-refractivity contribution in [2.45, 2.75) is 46.5 Å². The highest BCUT2D eigenvalue weighted by atomic mass is 16.4. The van der Waals surface area contributed by atoms with Gasteiger partial charge in [-0.2, -0.15) is 0 Å². The van der Waals surface area contributed by atoms with E-state index in [2.05, 4.69) is 0 Å². The Morgan fingerprint density at radius 2 is 1.38 bits per heavy atom. The molecule has 0 amide bonds. The number of carboxylic acid groups (broad SMARTS) is 1. The van der Waals surface area contributed by atoms with Crippen LogP contribution in [-0.2, 0) is 19.2 Å². The van der Waals surface area contributed by atoms with E-state index in [1.165, 1.54) is 13.8 Å². The third-order valence-corrected chi connectivity index (χ3v) is 1.38. The minimum Gasteiger partial charge on any atom is -0.481 e. The van der Waals surface area contributed by atoms with Gasteiger partial charge in [0, 0.05) is 6.42 Å². The molecule has 0 aliphatic rings. The number of aliphatic carboxylic acids is 1. The number of carboxylic acids is 1. The molecule has 0 aliphatic carbocycles. The molecule has 0 radical (unpaired) electrons. The quantitative estimate of drug-likeness (QED) is 0.696. The average Bonchev–Trinajstić information content (AvgIpc) is 2.00. The third kappa shape index (κ3) is 18.3. The molecule has 0 aromatic rings. The standard InChI is InChI=1S/C7H12O2.C4H6O3/c1-3-4-7(9)5-6(2)8;1-3(5)2-4(6)7/h3-5H2,1-2H3;2H2,1H3,(H,6,7). The van der Waals surface area contributed by atoms with E-state index in [0.29, 0.717) is 6.42 Å². The monoisotopic (exact) mass is 230 g/mol. The van der Waals surface area contributed by atoms with Crippen molar-refractivity contribution in [2.24, 2.45) is 0 Å². The Bertz CT molecular complexity index is 256. The van der Waals surface area contributed by atoms with Crippen LogP contribution >= 0.6 is 0 Å². The zero-order chi connectivity index (χ0) is 13.1. The van der Waals surface area contributed by atoms with Crippen molar-refractivity contribution < 1.29 is 24.3 Å². The van der Waals surface area contributed by atoms with Crippen LogP contribution in [0.2, 0.25) is 0 Å². The number of carbonyl (C=O) groups excluding carboxylic acids is 3. The predicted molar refractivity (Wildman–Crippen MR) is 58.1 cm³/mol. The Morgan fingerprint density at radius 1 is 0.938 bits per heavy atom. The summed E-state index contributed by atoms with van der Waals surface area (Å²) < 4.78 is 0. The van der Waals surface area contributed by atoms with Crippen LogP contribution in [0.5, 0.6) is 0 Å². The predicted octanol–water partition coefficient (Wildman–Crippen LogP) is 1.38. The van der Waals surface area contributed by atoms with Crippen LogP contribution in [0.4, 0.5) is 0 Å². The highest BCUT2D eigenvalue weighted by Crippen LogP contribution is 1.93. The minimum absolute atomic E-state index is 0.0338. The Kier molecular flexibility index (Phi) is 10.6. The Morgan fingerprint density at radius 3 is 1.56 bits per heavy atom. The maximum atomic E-state index is 10.6. The van der Waals surface area contributed by atoms with Crippen LogP contribution in [0.15, 0.2) is 0 Å². The largest absolute Gasteiger partial charge is 0.481 e. The molecule has 0 aromatic heterocycles. The van der Waals surface area contributed by atoms with Crippen LogP contribution in [0.3, 0.4) is 0 Å². The molecule has 0 aromatic carbocycles. The second-order valence-electron chi connectivity index (χ2n) is 3.44. The minimum atomic E-state index is -1.06. The van der Waals surface area contributed by atoms with Crippen molar-refractivity contribution in [3.8, 4) is 0 Å². The summed E-state index contributed by atoms with van der Waals surface area (Å²) in [5.41, 5.74) is 0. The topological polar surface area (TPSA) is 88.5 Å². The Labute approximate surface area is 94.8 Å². The van der Waals surface area contributed by atoms with E-state index in [0.717, 1.165) is 6.42 Å². The first-order valence-electron chi connectivity index (χ1n) is 5.01. The van der Waals surface area contributed by atoms with E-state index in [-0.39, 0.29) is 30.2 Å². The van der Waals surface area contributed by atoms with Crippen LogP contribution in [-0.4, -0.2) is 28.4 Å². The summed E-state index contributed by atoms with van der Waals surface area (Å²) in [6, 6.07) is 0. The van der Waals surface area contributed by atoms with Crippen molar-refractivity contribution in [3.63, 3.8) is 0 Å². The first kappa shape index (κ1) is 16.9. The SMILES string of the molecule is CC(=O)CC(=O)O.CCCC(=O)CC(C)=O. The highest BCUT2D eigenvalue weighted by Gasteiger charge is 2.02. The van der Waals surface area contributed by atoms with E-state index < -0.39 is 5.97 Å². The summed E-state index contributed by atoms with van der Waals surface area (Å²) in [6.45, 7) is 4.61. The lowest BCUT2D eigenvalue weighted by molar-refractivity contribution is -0.139. The van der Waals surface area contributed by atoms with Gasteiger partial charge >= 0.3 is 5.97 Å². The molecule has 0 bridgehead atoms. The Hall–Kier alpha value is -1.52. The van der Waals surface area contributed by atoms with Gasteiger partial charge in [-0.15, -0.1) is 0 Å². The van der Waals surface area contributed by atoms with Crippen molar-refractivity contribution in [1.29, 1.82) is 0 Å². The summed E-state index contributed by atoms with van der Waals surface area (Å²) in [7, 11) is 0. The molecule has 0 unspecified atom stereocenters. The van der Waals surface area contributed by atoms with Crippen molar-refractivity contribution in [3.05, 3.63) is 0 Å². The maximum absolute atomic E-state index is 10.6. The summed E-state index contributed by atoms with van der Waals surface area (Å²) in [6.07, 6.45) is 1.14. The molecule has 0 aliphatic heterocycles. The fourth-order valence-corrected chi connectivity index (χ4v) is 0.858. The van der Waals surface area contributed by atoms with E-state index >= 15 is 0 Å². The molecule has 0 spiro atoms. The summed E-state index contributed by atoms with van der Waals surface area (Å²) in [5.74, 6) is -1.35. The van der Waals surface area contributed by atoms with Crippen LogP contribution in [0, 0.1) is 0 Å². The highest BCUT2D eigenvalue weighted by molar-refractivity contribution is 5.97. The number of hydrogen-bond acceptors (Lipinski definition) is 4. The van der Waals surface area contributed by atoms with E-state index in [9.17, 15) is 19.2 Å². The average molecular weight is 230 g/mol. The number of rotatable bonds is 6. The Balaban J connectivity index is 0. The van der Waals surface area contributed by atoms with Gasteiger partial charge in [0.05, 0.1) is 6.42 Å². The first-order chi connectivity index (χ1) is 7.29. The second kappa shape index (κ2) is 10.0. The molecule has 0 saturated carbocycles. The lowest BCUT2D eigenvalue weighted by Gasteiger charge is -1.91. The van der Waals surface area contributed by atoms with Gasteiger partial charge in [-0.1, -0.05) is 6.92 Å². The van der Waals surface area contributed by atoms with Crippen molar-refractivity contribution in [1.82, 2.24) is 0 Å². The van der Waals surface area contributed by atoms with Crippen LogP contribution in [0.1, 0.15) is 46.5 Å². The molecule has 0 atom stereocenters. The zero-order valence-electron chi connectivity index (χ0n) is 9.91. The van der Waals surface area contributed by atoms with Crippen LogP contribution in [0.25, 0.3) is 0 Å². The van der Waals surface area contributed by atoms with Gasteiger partial charge in [-0.05, 0) is 20.3 Å². The number of Topliss-reactive ketones (excluding diaryl/α,β-unsaturated/α-hetero) is 3. The molecule has 0 saturated heterocycles. The maximum Gasteiger partial charge on any atom is 0.310 e. The normalized spacial score (nSPS) is 8.69. The smallest absolute Gasteiger partial charge is 0.310 e. The number of carbonyl (C=O) groups is 4. The molecule has 0 fully saturated rings. The van der Waals surface area contributed by atoms with Gasteiger partial charge in [0.15, 0.2) is 0 Å². The lowest BCUT2D eigenvalue weighted by Crippen LogP contribution is -2.02. The third-order valence-electron chi connectivity index (χ3n) is 1.38. The van der Waals surface area contributed by atoms with Gasteiger partial charge in [0.2, 0.25) is 0 Å². The van der Waals surface area contributed by atoms with E-state index in [4.69, 9.17) is 5.11 Å². The van der Waals surface area contributed by atoms with E-state index in [1.54, 1.807) is 0 Å². The van der Waals surface area contributed by atoms with Gasteiger partial charge < -0.3 is 5.11 Å². The molecular formula is C11H18O5. The zero-order valence-corrected chi connectivity index (χ0v) is 9.91. The van der Waals surface area contributed by atoms with Crippen molar-refractivity contribution in [2.75, 3.05) is 0 Å². The summed E-state index contributed by atoms with van der Waals surface area (Å²) >= 11 is 0. The lowest BCUT2D eigenvalue weighted by atomic mass is 10.1. The molecule has 5 nitrogen and oxygen atoms in total. The molecule has 0 rings (SSSR count). The summed E-state index contributed by atoms with van der Waals surface area (Å²) in [5, 5.41) is 7.86. The van der Waals surface area contributed by atoms with Gasteiger partial charge in [-0.3, -0.25) is 19.2 Å². The molecule has 5 heteroatoms. The van der Waals surface area contributed by atoms with E-state index in [1.807, 2.05) is 6.92 Å². The molecular weight excluding hydrogens is 212 g/mol. The molecule has 0 heterocycles. The number of hydrogen-bond donors (Lipinski definition) is 1. The van der Waals surface area contributed by atoms with Gasteiger partial charge in [0.1, 0.15) is 23.8 Å². The van der Waals surface area contributed by atoms with Crippen molar-refractivity contribution >= 4 is 23.3 Å². The molecule has 92 valence electrons. The second-order valence-corrected chi connectivity index (χ2v) is 3.44. The summed E-state index contributed by atoms with van der Waals surface area (Å²) in [4.78, 5) is 40.4. The first-order valence-corrected chi connectivity index (χ1v) is 5.01. The number of ketones is 3. The van der Waals surface area contributed by atoms with Gasteiger partial charge in [0.25, 0.3) is 0 Å². The molecule has 1 N–H and O–H groups in total. The fraction of sp³-hybridized carbons (Fsp3) is 0.636.